The van der Waals surface area contributed by atoms with Gasteiger partial charge in [-0.1, -0.05) is 0 Å². The summed E-state index contributed by atoms with van der Waals surface area (Å²) in [5.74, 6) is 0. The Balaban J connectivity index is 1.65. The van der Waals surface area contributed by atoms with Gasteiger partial charge in [0.05, 0.1) is 21.8 Å². The Bertz CT molecular complexity index is 1120. The highest BCUT2D eigenvalue weighted by Gasteiger charge is 2.33. The molecule has 10 heteroatoms. The summed E-state index contributed by atoms with van der Waals surface area (Å²) in [6, 6.07) is 5.38. The average molecular weight is 396 g/mol. The van der Waals surface area contributed by atoms with Gasteiger partial charge in [-0.25, -0.2) is 17.9 Å². The van der Waals surface area contributed by atoms with Crippen LogP contribution in [0.2, 0.25) is 0 Å². The molecule has 0 unspecified atom stereocenters. The normalized spacial score (nSPS) is 15.9. The third-order valence-electron chi connectivity index (χ3n) is 4.56. The van der Waals surface area contributed by atoms with Crippen LogP contribution in [0.25, 0.3) is 5.65 Å². The minimum atomic E-state index is -4.51. The van der Waals surface area contributed by atoms with Gasteiger partial charge in [0.2, 0.25) is 10.0 Å². The first kappa shape index (κ1) is 17.9. The zero-order valence-corrected chi connectivity index (χ0v) is 15.0. The SMILES string of the molecule is Cc1cc2ncc3c(n2n1)CCN(S(=O)(=O)c1ccc(C(F)(F)F)cc1)C3. The molecule has 2 aromatic heterocycles. The van der Waals surface area contributed by atoms with Gasteiger partial charge < -0.3 is 0 Å². The first-order chi connectivity index (χ1) is 12.7. The summed E-state index contributed by atoms with van der Waals surface area (Å²) in [7, 11) is -3.91. The number of fused-ring (bicyclic) bond motifs is 3. The summed E-state index contributed by atoms with van der Waals surface area (Å²) >= 11 is 0. The highest BCUT2D eigenvalue weighted by Crippen LogP contribution is 2.31. The van der Waals surface area contributed by atoms with Gasteiger partial charge in [0.1, 0.15) is 0 Å². The molecule has 142 valence electrons. The van der Waals surface area contributed by atoms with Crippen molar-refractivity contribution in [3.8, 4) is 0 Å². The van der Waals surface area contributed by atoms with E-state index in [0.29, 0.717) is 12.1 Å². The fourth-order valence-corrected chi connectivity index (χ4v) is 4.62. The number of nitrogens with zero attached hydrogens (tertiary/aromatic N) is 4. The molecule has 6 nitrogen and oxygen atoms in total. The zero-order chi connectivity index (χ0) is 19.4. The van der Waals surface area contributed by atoms with Crippen molar-refractivity contribution >= 4 is 15.7 Å². The Morgan fingerprint density at radius 1 is 1.15 bits per heavy atom. The molecule has 1 aliphatic heterocycles. The molecule has 0 atom stereocenters. The molecule has 0 saturated carbocycles. The topological polar surface area (TPSA) is 67.6 Å². The molecular formula is C17H15F3N4O2S. The molecule has 3 heterocycles. The first-order valence-corrected chi connectivity index (χ1v) is 9.61. The van der Waals surface area contributed by atoms with Crippen molar-refractivity contribution in [1.82, 2.24) is 18.9 Å². The van der Waals surface area contributed by atoms with E-state index in [1.807, 2.05) is 13.0 Å². The van der Waals surface area contributed by atoms with Crippen LogP contribution >= 0.6 is 0 Å². The molecule has 1 aromatic carbocycles. The number of rotatable bonds is 2. The second-order valence-electron chi connectivity index (χ2n) is 6.40. The quantitative estimate of drug-likeness (QED) is 0.668. The maximum atomic E-state index is 12.8. The summed E-state index contributed by atoms with van der Waals surface area (Å²) in [5.41, 5.74) is 2.26. The van der Waals surface area contributed by atoms with Gasteiger partial charge in [-0.3, -0.25) is 0 Å². The number of hydrogen-bond donors (Lipinski definition) is 0. The molecule has 0 aliphatic carbocycles. The van der Waals surface area contributed by atoms with Crippen molar-refractivity contribution in [3.05, 3.63) is 59.0 Å². The predicted molar refractivity (Wildman–Crippen MR) is 90.5 cm³/mol. The minimum absolute atomic E-state index is 0.0978. The Morgan fingerprint density at radius 3 is 2.52 bits per heavy atom. The number of benzene rings is 1. The number of sulfonamides is 1. The lowest BCUT2D eigenvalue weighted by molar-refractivity contribution is -0.137. The van der Waals surface area contributed by atoms with Crippen LogP contribution in [-0.2, 0) is 29.2 Å². The maximum absolute atomic E-state index is 12.8. The van der Waals surface area contributed by atoms with Crippen molar-refractivity contribution in [2.45, 2.75) is 31.0 Å². The smallest absolute Gasteiger partial charge is 0.237 e. The molecular weight excluding hydrogens is 381 g/mol. The Labute approximate surface area is 153 Å². The number of halogens is 3. The van der Waals surface area contributed by atoms with E-state index in [-0.39, 0.29) is 18.0 Å². The molecule has 4 rings (SSSR count). The monoisotopic (exact) mass is 396 g/mol. The Morgan fingerprint density at radius 2 is 1.85 bits per heavy atom. The van der Waals surface area contributed by atoms with Crippen molar-refractivity contribution in [1.29, 1.82) is 0 Å². The number of aryl methyl sites for hydroxylation is 1. The predicted octanol–water partition coefficient (Wildman–Crippen LogP) is 2.80. The fourth-order valence-electron chi connectivity index (χ4n) is 3.20. The van der Waals surface area contributed by atoms with Crippen LogP contribution in [0, 0.1) is 6.92 Å². The van der Waals surface area contributed by atoms with Crippen molar-refractivity contribution < 1.29 is 21.6 Å². The van der Waals surface area contributed by atoms with E-state index in [4.69, 9.17) is 0 Å². The Kier molecular flexibility index (Phi) is 4.00. The van der Waals surface area contributed by atoms with Gasteiger partial charge in [0.15, 0.2) is 5.65 Å². The van der Waals surface area contributed by atoms with Gasteiger partial charge in [-0.2, -0.15) is 22.6 Å². The number of hydrogen-bond acceptors (Lipinski definition) is 4. The molecule has 0 bridgehead atoms. The van der Waals surface area contributed by atoms with E-state index in [9.17, 15) is 21.6 Å². The zero-order valence-electron chi connectivity index (χ0n) is 14.2. The van der Waals surface area contributed by atoms with E-state index >= 15 is 0 Å². The lowest BCUT2D eigenvalue weighted by Crippen LogP contribution is -2.37. The number of aromatic nitrogens is 3. The second-order valence-corrected chi connectivity index (χ2v) is 8.33. The van der Waals surface area contributed by atoms with Crippen LogP contribution in [0.3, 0.4) is 0 Å². The first-order valence-electron chi connectivity index (χ1n) is 8.17. The van der Waals surface area contributed by atoms with Crippen LogP contribution in [0.4, 0.5) is 13.2 Å². The Hall–Kier alpha value is -2.46. The summed E-state index contributed by atoms with van der Waals surface area (Å²) in [5, 5.41) is 4.38. The molecule has 0 saturated heterocycles. The lowest BCUT2D eigenvalue weighted by Gasteiger charge is -2.28. The van der Waals surface area contributed by atoms with Crippen molar-refractivity contribution in [2.24, 2.45) is 0 Å². The summed E-state index contributed by atoms with van der Waals surface area (Å²) in [6.45, 7) is 2.17. The van der Waals surface area contributed by atoms with Gasteiger partial charge >= 0.3 is 6.18 Å². The highest BCUT2D eigenvalue weighted by molar-refractivity contribution is 7.89. The maximum Gasteiger partial charge on any atom is 0.416 e. The van der Waals surface area contributed by atoms with Gasteiger partial charge in [-0.05, 0) is 31.2 Å². The summed E-state index contributed by atoms with van der Waals surface area (Å²) < 4.78 is 66.7. The third-order valence-corrected chi connectivity index (χ3v) is 6.42. The van der Waals surface area contributed by atoms with Crippen LogP contribution in [0.15, 0.2) is 41.4 Å². The molecule has 1 aliphatic rings. The van der Waals surface area contributed by atoms with E-state index in [0.717, 1.165) is 41.2 Å². The molecule has 0 radical (unpaired) electrons. The largest absolute Gasteiger partial charge is 0.416 e. The lowest BCUT2D eigenvalue weighted by atomic mass is 10.1. The van der Waals surface area contributed by atoms with E-state index in [2.05, 4.69) is 10.1 Å². The molecule has 27 heavy (non-hydrogen) atoms. The van der Waals surface area contributed by atoms with Crippen molar-refractivity contribution in [2.75, 3.05) is 6.54 Å². The second kappa shape index (κ2) is 6.03. The molecule has 0 amide bonds. The molecule has 0 N–H and O–H groups in total. The van der Waals surface area contributed by atoms with Crippen molar-refractivity contribution in [3.63, 3.8) is 0 Å². The standard InChI is InChI=1S/C17H15F3N4O2S/c1-11-8-16-21-9-12-10-23(7-6-15(12)24(16)22-11)27(25,26)14-4-2-13(3-5-14)17(18,19)20/h2-5,8-9H,6-7,10H2,1H3. The average Bonchev–Trinajstić information content (AvgIpc) is 3.01. The third kappa shape index (κ3) is 3.08. The molecule has 0 spiro atoms. The fraction of sp³-hybridized carbons (Fsp3) is 0.294. The van der Waals surface area contributed by atoms with Crippen LogP contribution < -0.4 is 0 Å². The van der Waals surface area contributed by atoms with E-state index < -0.39 is 21.8 Å². The van der Waals surface area contributed by atoms with Gasteiger partial charge in [0.25, 0.3) is 0 Å². The molecule has 3 aromatic rings. The number of alkyl halides is 3. The van der Waals surface area contributed by atoms with E-state index in [1.165, 1.54) is 4.31 Å². The van der Waals surface area contributed by atoms with Crippen LogP contribution in [0.5, 0.6) is 0 Å². The molecule has 0 fully saturated rings. The summed E-state index contributed by atoms with van der Waals surface area (Å²) in [4.78, 5) is 4.13. The van der Waals surface area contributed by atoms with Gasteiger partial charge in [-0.15, -0.1) is 0 Å². The summed E-state index contributed by atoms with van der Waals surface area (Å²) in [6.07, 6.45) is -2.44. The van der Waals surface area contributed by atoms with Crippen LogP contribution in [0.1, 0.15) is 22.5 Å². The van der Waals surface area contributed by atoms with E-state index in [1.54, 1.807) is 10.7 Å². The highest BCUT2D eigenvalue weighted by atomic mass is 32.2. The minimum Gasteiger partial charge on any atom is -0.237 e. The van der Waals surface area contributed by atoms with Gasteiger partial charge in [0, 0.05) is 37.3 Å². The van der Waals surface area contributed by atoms with Crippen LogP contribution in [-0.4, -0.2) is 33.9 Å².